The molecule has 0 saturated heterocycles. The lowest BCUT2D eigenvalue weighted by Crippen LogP contribution is -2.19. The second kappa shape index (κ2) is 6.79. The standard InChI is InChI=1S/C24H23N3O/c1-2-16-13-14-19-20(15-16)22(17-9-5-3-6-10-17)25-23-21(19)24(28)27(26-23)18-11-7-4-8-12-18/h3-12,16H,2,13-15H2,1H3,(H,25,26)/t16-/m1/s1. The average molecular weight is 369 g/mol. The minimum Gasteiger partial charge on any atom is -0.274 e. The van der Waals surface area contributed by atoms with Crippen LogP contribution in [0.25, 0.3) is 28.0 Å². The zero-order chi connectivity index (χ0) is 19.1. The maximum Gasteiger partial charge on any atom is 0.281 e. The van der Waals surface area contributed by atoms with Gasteiger partial charge in [-0.15, -0.1) is 0 Å². The number of pyridine rings is 1. The van der Waals surface area contributed by atoms with Crippen LogP contribution in [-0.4, -0.2) is 14.8 Å². The Hall–Kier alpha value is -3.14. The van der Waals surface area contributed by atoms with Gasteiger partial charge in [0, 0.05) is 5.56 Å². The number of nitrogens with one attached hydrogen (secondary N) is 1. The summed E-state index contributed by atoms with van der Waals surface area (Å²) in [5, 5.41) is 4.02. The monoisotopic (exact) mass is 369 g/mol. The number of H-pyrrole nitrogens is 1. The van der Waals surface area contributed by atoms with Gasteiger partial charge in [-0.3, -0.25) is 9.89 Å². The number of aromatic nitrogens is 3. The van der Waals surface area contributed by atoms with Crippen molar-refractivity contribution < 1.29 is 0 Å². The van der Waals surface area contributed by atoms with Crippen LogP contribution in [0.5, 0.6) is 0 Å². The third-order valence-corrected chi connectivity index (χ3v) is 5.98. The van der Waals surface area contributed by atoms with Crippen molar-refractivity contribution in [3.05, 3.63) is 82.1 Å². The van der Waals surface area contributed by atoms with Crippen LogP contribution in [0.4, 0.5) is 0 Å². The lowest BCUT2D eigenvalue weighted by Gasteiger charge is -2.25. The normalized spacial score (nSPS) is 16.2. The summed E-state index contributed by atoms with van der Waals surface area (Å²) >= 11 is 0. The van der Waals surface area contributed by atoms with Crippen molar-refractivity contribution in [1.29, 1.82) is 0 Å². The van der Waals surface area contributed by atoms with Crippen LogP contribution in [-0.2, 0) is 12.8 Å². The Labute approximate surface area is 163 Å². The number of benzene rings is 2. The first-order valence-corrected chi connectivity index (χ1v) is 10.0. The maximum atomic E-state index is 13.3. The van der Waals surface area contributed by atoms with E-state index in [2.05, 4.69) is 24.2 Å². The Morgan fingerprint density at radius 3 is 2.46 bits per heavy atom. The number of hydrogen-bond donors (Lipinski definition) is 1. The highest BCUT2D eigenvalue weighted by atomic mass is 16.1. The van der Waals surface area contributed by atoms with Crippen LogP contribution in [0.15, 0.2) is 65.5 Å². The molecule has 4 aromatic rings. The molecule has 28 heavy (non-hydrogen) atoms. The fourth-order valence-electron chi connectivity index (χ4n) is 4.43. The lowest BCUT2D eigenvalue weighted by atomic mass is 9.80. The van der Waals surface area contributed by atoms with E-state index >= 15 is 0 Å². The molecule has 0 bridgehead atoms. The summed E-state index contributed by atoms with van der Waals surface area (Å²) in [6.07, 6.45) is 4.23. The molecule has 1 atom stereocenters. The Morgan fingerprint density at radius 1 is 1.04 bits per heavy atom. The third kappa shape index (κ3) is 2.68. The van der Waals surface area contributed by atoms with E-state index in [1.54, 1.807) is 4.68 Å². The van der Waals surface area contributed by atoms with E-state index in [1.807, 2.05) is 48.5 Å². The zero-order valence-electron chi connectivity index (χ0n) is 16.0. The minimum absolute atomic E-state index is 0.000454. The SMILES string of the molecule is CC[C@@H]1CCc2c(c(-c3ccccc3)nc3[nH]n(-c4ccccc4)c(=O)c23)C1. The van der Waals surface area contributed by atoms with E-state index in [4.69, 9.17) is 4.98 Å². The van der Waals surface area contributed by atoms with Gasteiger partial charge in [-0.25, -0.2) is 9.67 Å². The van der Waals surface area contributed by atoms with E-state index in [9.17, 15) is 4.79 Å². The van der Waals surface area contributed by atoms with Crippen LogP contribution in [0, 0.1) is 5.92 Å². The van der Waals surface area contributed by atoms with Crippen molar-refractivity contribution in [3.8, 4) is 16.9 Å². The molecule has 140 valence electrons. The van der Waals surface area contributed by atoms with Gasteiger partial charge in [0.2, 0.25) is 0 Å². The van der Waals surface area contributed by atoms with Crippen LogP contribution >= 0.6 is 0 Å². The molecule has 0 amide bonds. The fraction of sp³-hybridized carbons (Fsp3) is 0.250. The van der Waals surface area contributed by atoms with E-state index in [1.165, 1.54) is 11.1 Å². The molecule has 4 heteroatoms. The van der Waals surface area contributed by atoms with Crippen LogP contribution in [0.2, 0.25) is 0 Å². The summed E-state index contributed by atoms with van der Waals surface area (Å²) in [6.45, 7) is 2.25. The van der Waals surface area contributed by atoms with Gasteiger partial charge >= 0.3 is 0 Å². The van der Waals surface area contributed by atoms with Crippen molar-refractivity contribution in [1.82, 2.24) is 14.8 Å². The molecule has 1 N–H and O–H groups in total. The molecule has 0 saturated carbocycles. The lowest BCUT2D eigenvalue weighted by molar-refractivity contribution is 0.446. The predicted octanol–water partition coefficient (Wildman–Crippen LogP) is 4.90. The molecule has 0 radical (unpaired) electrons. The number of hydrogen-bond acceptors (Lipinski definition) is 2. The summed E-state index contributed by atoms with van der Waals surface area (Å²) in [4.78, 5) is 18.2. The summed E-state index contributed by atoms with van der Waals surface area (Å²) in [6, 6.07) is 20.0. The summed E-state index contributed by atoms with van der Waals surface area (Å²) in [7, 11) is 0. The average Bonchev–Trinajstić information content (AvgIpc) is 3.10. The van der Waals surface area contributed by atoms with Crippen LogP contribution in [0.3, 0.4) is 0 Å². The Bertz CT molecular complexity index is 1190. The van der Waals surface area contributed by atoms with Gasteiger partial charge in [0.1, 0.15) is 0 Å². The molecule has 1 aliphatic rings. The van der Waals surface area contributed by atoms with Gasteiger partial charge in [0.15, 0.2) is 5.65 Å². The van der Waals surface area contributed by atoms with Crippen molar-refractivity contribution in [2.75, 3.05) is 0 Å². The minimum atomic E-state index is -0.000454. The van der Waals surface area contributed by atoms with Crippen LogP contribution in [0.1, 0.15) is 30.9 Å². The molecule has 0 unspecified atom stereocenters. The smallest absolute Gasteiger partial charge is 0.274 e. The molecule has 4 nitrogen and oxygen atoms in total. The molecule has 2 aromatic heterocycles. The van der Waals surface area contributed by atoms with Crippen molar-refractivity contribution in [3.63, 3.8) is 0 Å². The second-order valence-corrected chi connectivity index (χ2v) is 7.61. The van der Waals surface area contributed by atoms with Gasteiger partial charge in [-0.2, -0.15) is 0 Å². The largest absolute Gasteiger partial charge is 0.281 e. The summed E-state index contributed by atoms with van der Waals surface area (Å²) < 4.78 is 1.62. The molecule has 2 heterocycles. The highest BCUT2D eigenvalue weighted by molar-refractivity contribution is 5.85. The number of aromatic amines is 1. The Morgan fingerprint density at radius 2 is 1.75 bits per heavy atom. The molecule has 0 fully saturated rings. The topological polar surface area (TPSA) is 50.7 Å². The van der Waals surface area contributed by atoms with E-state index in [-0.39, 0.29) is 5.56 Å². The second-order valence-electron chi connectivity index (χ2n) is 7.61. The van der Waals surface area contributed by atoms with Crippen molar-refractivity contribution in [2.24, 2.45) is 5.92 Å². The summed E-state index contributed by atoms with van der Waals surface area (Å²) in [5.74, 6) is 0.657. The number of rotatable bonds is 3. The van der Waals surface area contributed by atoms with Gasteiger partial charge < -0.3 is 0 Å². The van der Waals surface area contributed by atoms with Crippen molar-refractivity contribution in [2.45, 2.75) is 32.6 Å². The number of fused-ring (bicyclic) bond motifs is 3. The van der Waals surface area contributed by atoms with Crippen LogP contribution < -0.4 is 5.56 Å². The maximum absolute atomic E-state index is 13.3. The molecule has 2 aromatic carbocycles. The Kier molecular flexibility index (Phi) is 4.12. The number of nitrogens with zero attached hydrogens (tertiary/aromatic N) is 2. The predicted molar refractivity (Wildman–Crippen MR) is 113 cm³/mol. The molecular formula is C24H23N3O. The molecule has 1 aliphatic carbocycles. The first-order chi connectivity index (χ1) is 13.8. The van der Waals surface area contributed by atoms with Gasteiger partial charge in [0.25, 0.3) is 5.56 Å². The van der Waals surface area contributed by atoms with Gasteiger partial charge in [-0.05, 0) is 48.4 Å². The van der Waals surface area contributed by atoms with E-state index in [0.717, 1.165) is 48.0 Å². The first kappa shape index (κ1) is 17.0. The first-order valence-electron chi connectivity index (χ1n) is 10.0. The quantitative estimate of drug-likeness (QED) is 0.559. The third-order valence-electron chi connectivity index (χ3n) is 5.98. The Balaban J connectivity index is 1.80. The molecule has 5 rings (SSSR count). The van der Waals surface area contributed by atoms with Crippen molar-refractivity contribution >= 4 is 11.0 Å². The molecular weight excluding hydrogens is 346 g/mol. The number of para-hydroxylation sites is 1. The molecule has 0 spiro atoms. The van der Waals surface area contributed by atoms with Gasteiger partial charge in [-0.1, -0.05) is 61.9 Å². The molecule has 0 aliphatic heterocycles. The highest BCUT2D eigenvalue weighted by Gasteiger charge is 2.26. The highest BCUT2D eigenvalue weighted by Crippen LogP contribution is 2.36. The number of aryl methyl sites for hydroxylation is 1. The fourth-order valence-corrected chi connectivity index (χ4v) is 4.43. The summed E-state index contributed by atoms with van der Waals surface area (Å²) in [5.41, 5.74) is 6.09. The van der Waals surface area contributed by atoms with E-state index in [0.29, 0.717) is 11.6 Å². The van der Waals surface area contributed by atoms with Gasteiger partial charge in [0.05, 0.1) is 16.8 Å². The zero-order valence-corrected chi connectivity index (χ0v) is 16.0. The van der Waals surface area contributed by atoms with E-state index < -0.39 is 0 Å².